The Morgan fingerprint density at radius 3 is 1.96 bits per heavy atom. The molecule has 4 heteroatoms. The van der Waals surface area contributed by atoms with Gasteiger partial charge < -0.3 is 14.2 Å². The van der Waals surface area contributed by atoms with E-state index in [0.717, 1.165) is 17.3 Å². The predicted octanol–water partition coefficient (Wildman–Crippen LogP) is 5.95. The second-order valence-electron chi connectivity index (χ2n) is 6.30. The first kappa shape index (κ1) is 21.6. The standard InChI is InChI=1S/C20H33BrO3/c1-5-6-7-8-9-10-11-18(20(22-2,23-3)24-4)16-17-12-14-19(21)15-13-17/h12-15,18H,5-11,16H2,1-4H3. The normalized spacial score (nSPS) is 13.2. The van der Waals surface area contributed by atoms with Crippen molar-refractivity contribution in [3.05, 3.63) is 34.3 Å². The van der Waals surface area contributed by atoms with Crippen LogP contribution >= 0.6 is 15.9 Å². The van der Waals surface area contributed by atoms with Crippen molar-refractivity contribution < 1.29 is 14.2 Å². The van der Waals surface area contributed by atoms with Gasteiger partial charge in [0.2, 0.25) is 0 Å². The molecule has 0 bridgehead atoms. The molecule has 0 aliphatic carbocycles. The quantitative estimate of drug-likeness (QED) is 0.302. The van der Waals surface area contributed by atoms with Crippen molar-refractivity contribution in [2.24, 2.45) is 5.92 Å². The molecule has 0 heterocycles. The number of hydrogen-bond donors (Lipinski definition) is 0. The van der Waals surface area contributed by atoms with Gasteiger partial charge in [0, 0.05) is 31.7 Å². The number of hydrogen-bond acceptors (Lipinski definition) is 3. The maximum absolute atomic E-state index is 5.64. The minimum absolute atomic E-state index is 0.157. The molecule has 0 amide bonds. The Labute approximate surface area is 156 Å². The van der Waals surface area contributed by atoms with Crippen LogP contribution in [0.25, 0.3) is 0 Å². The van der Waals surface area contributed by atoms with Crippen LogP contribution in [0.1, 0.15) is 57.4 Å². The fourth-order valence-electron chi connectivity index (χ4n) is 3.23. The summed E-state index contributed by atoms with van der Waals surface area (Å²) in [6.07, 6.45) is 9.58. The number of halogens is 1. The van der Waals surface area contributed by atoms with Gasteiger partial charge in [-0.05, 0) is 30.5 Å². The van der Waals surface area contributed by atoms with E-state index in [1.807, 2.05) is 0 Å². The largest absolute Gasteiger partial charge is 0.331 e. The molecule has 0 saturated carbocycles. The molecular formula is C20H33BrO3. The molecule has 1 aromatic carbocycles. The Kier molecular flexibility index (Phi) is 10.8. The lowest BCUT2D eigenvalue weighted by Crippen LogP contribution is -2.45. The minimum Gasteiger partial charge on any atom is -0.331 e. The average Bonchev–Trinajstić information content (AvgIpc) is 2.61. The first-order valence-corrected chi connectivity index (χ1v) is 9.81. The molecule has 1 rings (SSSR count). The molecule has 138 valence electrons. The van der Waals surface area contributed by atoms with Gasteiger partial charge in [0.05, 0.1) is 0 Å². The Morgan fingerprint density at radius 1 is 0.875 bits per heavy atom. The van der Waals surface area contributed by atoms with E-state index in [1.54, 1.807) is 21.3 Å². The molecule has 0 radical (unpaired) electrons. The first-order valence-electron chi connectivity index (χ1n) is 9.01. The number of methoxy groups -OCH3 is 3. The topological polar surface area (TPSA) is 27.7 Å². The SMILES string of the molecule is CCCCCCCCC(Cc1ccc(Br)cc1)C(OC)(OC)OC. The zero-order valence-electron chi connectivity index (χ0n) is 15.6. The zero-order valence-corrected chi connectivity index (χ0v) is 17.2. The van der Waals surface area contributed by atoms with Crippen molar-refractivity contribution in [2.45, 2.75) is 64.3 Å². The highest BCUT2D eigenvalue weighted by molar-refractivity contribution is 9.10. The van der Waals surface area contributed by atoms with Crippen LogP contribution in [0.3, 0.4) is 0 Å². The summed E-state index contributed by atoms with van der Waals surface area (Å²) in [6.45, 7) is 2.25. The van der Waals surface area contributed by atoms with Gasteiger partial charge in [-0.2, -0.15) is 0 Å². The van der Waals surface area contributed by atoms with Crippen LogP contribution in [0.4, 0.5) is 0 Å². The average molecular weight is 401 g/mol. The summed E-state index contributed by atoms with van der Waals surface area (Å²) in [5.41, 5.74) is 1.27. The fraction of sp³-hybridized carbons (Fsp3) is 0.700. The van der Waals surface area contributed by atoms with Crippen molar-refractivity contribution >= 4 is 15.9 Å². The Morgan fingerprint density at radius 2 is 1.42 bits per heavy atom. The van der Waals surface area contributed by atoms with E-state index in [-0.39, 0.29) is 5.92 Å². The van der Waals surface area contributed by atoms with Crippen molar-refractivity contribution in [2.75, 3.05) is 21.3 Å². The molecule has 0 saturated heterocycles. The van der Waals surface area contributed by atoms with E-state index in [9.17, 15) is 0 Å². The molecule has 0 aliphatic rings. The van der Waals surface area contributed by atoms with Crippen LogP contribution < -0.4 is 0 Å². The summed E-state index contributed by atoms with van der Waals surface area (Å²) in [4.78, 5) is 0. The maximum Gasteiger partial charge on any atom is 0.285 e. The maximum atomic E-state index is 5.64. The van der Waals surface area contributed by atoms with Gasteiger partial charge in [0.15, 0.2) is 0 Å². The van der Waals surface area contributed by atoms with Gasteiger partial charge >= 0.3 is 0 Å². The van der Waals surface area contributed by atoms with Gasteiger partial charge in [0.1, 0.15) is 0 Å². The summed E-state index contributed by atoms with van der Waals surface area (Å²) in [7, 11) is 4.97. The molecule has 1 aromatic rings. The highest BCUT2D eigenvalue weighted by atomic mass is 79.9. The summed E-state index contributed by atoms with van der Waals surface area (Å²) in [5.74, 6) is -0.818. The van der Waals surface area contributed by atoms with Crippen molar-refractivity contribution in [3.63, 3.8) is 0 Å². The molecule has 1 atom stereocenters. The number of rotatable bonds is 13. The highest BCUT2D eigenvalue weighted by Gasteiger charge is 2.39. The van der Waals surface area contributed by atoms with E-state index in [2.05, 4.69) is 47.1 Å². The van der Waals surface area contributed by atoms with Crippen LogP contribution in [-0.2, 0) is 20.6 Å². The fourth-order valence-corrected chi connectivity index (χ4v) is 3.49. The zero-order chi connectivity index (χ0) is 17.8. The number of ether oxygens (including phenoxy) is 3. The smallest absolute Gasteiger partial charge is 0.285 e. The van der Waals surface area contributed by atoms with Gasteiger partial charge in [-0.25, -0.2) is 0 Å². The summed E-state index contributed by atoms with van der Waals surface area (Å²) < 4.78 is 18.0. The van der Waals surface area contributed by atoms with Gasteiger partial charge in [-0.1, -0.05) is 73.5 Å². The van der Waals surface area contributed by atoms with Crippen LogP contribution in [0.15, 0.2) is 28.7 Å². The van der Waals surface area contributed by atoms with E-state index >= 15 is 0 Å². The van der Waals surface area contributed by atoms with Crippen molar-refractivity contribution in [1.82, 2.24) is 0 Å². The third-order valence-electron chi connectivity index (χ3n) is 4.66. The van der Waals surface area contributed by atoms with Crippen LogP contribution in [0.5, 0.6) is 0 Å². The van der Waals surface area contributed by atoms with Crippen LogP contribution in [-0.4, -0.2) is 27.3 Å². The summed E-state index contributed by atoms with van der Waals surface area (Å²) in [6, 6.07) is 8.44. The first-order chi connectivity index (χ1) is 11.6. The van der Waals surface area contributed by atoms with E-state index in [4.69, 9.17) is 14.2 Å². The third-order valence-corrected chi connectivity index (χ3v) is 5.18. The van der Waals surface area contributed by atoms with E-state index in [1.165, 1.54) is 44.1 Å². The second kappa shape index (κ2) is 12.0. The lowest BCUT2D eigenvalue weighted by molar-refractivity contribution is -0.379. The predicted molar refractivity (Wildman–Crippen MR) is 103 cm³/mol. The monoisotopic (exact) mass is 400 g/mol. The molecule has 0 aliphatic heterocycles. The Bertz CT molecular complexity index is 421. The Hall–Kier alpha value is -0.420. The second-order valence-corrected chi connectivity index (χ2v) is 7.22. The lowest BCUT2D eigenvalue weighted by atomic mass is 9.91. The summed E-state index contributed by atoms with van der Waals surface area (Å²) in [5, 5.41) is 0. The molecule has 1 unspecified atom stereocenters. The van der Waals surface area contributed by atoms with Gasteiger partial charge in [-0.3, -0.25) is 0 Å². The Balaban J connectivity index is 2.69. The minimum atomic E-state index is -0.976. The highest BCUT2D eigenvalue weighted by Crippen LogP contribution is 2.32. The molecule has 0 aromatic heterocycles. The molecule has 3 nitrogen and oxygen atoms in total. The molecule has 0 spiro atoms. The number of benzene rings is 1. The van der Waals surface area contributed by atoms with Gasteiger partial charge in [-0.15, -0.1) is 0 Å². The lowest BCUT2D eigenvalue weighted by Gasteiger charge is -2.36. The molecule has 0 fully saturated rings. The van der Waals surface area contributed by atoms with Crippen molar-refractivity contribution in [1.29, 1.82) is 0 Å². The number of unbranched alkanes of at least 4 members (excludes halogenated alkanes) is 5. The molecular weight excluding hydrogens is 368 g/mol. The van der Waals surface area contributed by atoms with E-state index < -0.39 is 5.97 Å². The summed E-state index contributed by atoms with van der Waals surface area (Å²) >= 11 is 3.49. The van der Waals surface area contributed by atoms with Crippen LogP contribution in [0.2, 0.25) is 0 Å². The van der Waals surface area contributed by atoms with Crippen molar-refractivity contribution in [3.8, 4) is 0 Å². The molecule has 24 heavy (non-hydrogen) atoms. The van der Waals surface area contributed by atoms with E-state index in [0.29, 0.717) is 0 Å². The van der Waals surface area contributed by atoms with Crippen LogP contribution in [0, 0.1) is 5.92 Å². The molecule has 0 N–H and O–H groups in total. The third kappa shape index (κ3) is 6.83. The van der Waals surface area contributed by atoms with Gasteiger partial charge in [0.25, 0.3) is 5.97 Å².